The Kier molecular flexibility index (Phi) is 2.63. The standard InChI is InChI=1S/C8H10Cl2O/c1-8(10)3-2-7(9)4-6(8)5-11/h2-4,6,11H,5H2,1H3/t6-,8-/m1/s1. The molecule has 0 heterocycles. The smallest absolute Gasteiger partial charge is 0.0686 e. The highest BCUT2D eigenvalue weighted by Crippen LogP contribution is 2.33. The van der Waals surface area contributed by atoms with Crippen LogP contribution in [-0.4, -0.2) is 16.6 Å². The summed E-state index contributed by atoms with van der Waals surface area (Å²) in [6, 6.07) is 0. The number of aliphatic hydroxyl groups excluding tert-OH is 1. The summed E-state index contributed by atoms with van der Waals surface area (Å²) >= 11 is 11.8. The van der Waals surface area contributed by atoms with Crippen LogP contribution in [0.15, 0.2) is 23.3 Å². The number of halogens is 2. The second kappa shape index (κ2) is 3.18. The molecule has 1 N–H and O–H groups in total. The van der Waals surface area contributed by atoms with E-state index in [0.29, 0.717) is 5.03 Å². The van der Waals surface area contributed by atoms with E-state index in [1.54, 1.807) is 18.2 Å². The molecule has 62 valence electrons. The third kappa shape index (κ3) is 1.98. The van der Waals surface area contributed by atoms with Crippen LogP contribution in [0.2, 0.25) is 0 Å². The summed E-state index contributed by atoms with van der Waals surface area (Å²) in [5, 5.41) is 9.56. The van der Waals surface area contributed by atoms with E-state index < -0.39 is 4.87 Å². The van der Waals surface area contributed by atoms with Crippen LogP contribution in [0.3, 0.4) is 0 Å². The molecular formula is C8H10Cl2O. The minimum Gasteiger partial charge on any atom is -0.396 e. The van der Waals surface area contributed by atoms with Gasteiger partial charge in [-0.2, -0.15) is 0 Å². The number of rotatable bonds is 1. The van der Waals surface area contributed by atoms with E-state index in [2.05, 4.69) is 0 Å². The molecule has 0 radical (unpaired) electrons. The molecule has 0 aromatic carbocycles. The Hall–Kier alpha value is 0.0200. The normalized spacial score (nSPS) is 37.1. The lowest BCUT2D eigenvalue weighted by Gasteiger charge is -2.27. The zero-order valence-corrected chi connectivity index (χ0v) is 7.73. The van der Waals surface area contributed by atoms with Gasteiger partial charge in [-0.25, -0.2) is 0 Å². The Balaban J connectivity index is 2.84. The Labute approximate surface area is 76.3 Å². The van der Waals surface area contributed by atoms with E-state index >= 15 is 0 Å². The molecule has 0 fully saturated rings. The number of hydrogen-bond donors (Lipinski definition) is 1. The van der Waals surface area contributed by atoms with E-state index in [1.165, 1.54) is 0 Å². The Morgan fingerprint density at radius 3 is 2.82 bits per heavy atom. The van der Waals surface area contributed by atoms with Gasteiger partial charge in [-0.05, 0) is 13.0 Å². The van der Waals surface area contributed by atoms with Crippen molar-refractivity contribution in [1.82, 2.24) is 0 Å². The third-order valence-corrected chi connectivity index (χ3v) is 2.51. The van der Waals surface area contributed by atoms with Crippen LogP contribution < -0.4 is 0 Å². The number of aliphatic hydroxyl groups is 1. The Bertz CT molecular complexity index is 206. The highest BCUT2D eigenvalue weighted by molar-refractivity contribution is 6.32. The second-order valence-corrected chi connectivity index (χ2v) is 4.08. The molecule has 0 aromatic rings. The predicted octanol–water partition coefficient (Wildman–Crippen LogP) is 2.28. The SMILES string of the molecule is C[C@@]1(Cl)C=CC(Cl)=C[C@@H]1CO. The first-order chi connectivity index (χ1) is 5.06. The molecule has 1 nitrogen and oxygen atoms in total. The summed E-state index contributed by atoms with van der Waals surface area (Å²) in [7, 11) is 0. The maximum absolute atomic E-state index is 8.92. The summed E-state index contributed by atoms with van der Waals surface area (Å²) in [4.78, 5) is -0.493. The first-order valence-electron chi connectivity index (χ1n) is 3.42. The van der Waals surface area contributed by atoms with Gasteiger partial charge in [0.05, 0.1) is 11.5 Å². The fraction of sp³-hybridized carbons (Fsp3) is 0.500. The van der Waals surface area contributed by atoms with Crippen molar-refractivity contribution < 1.29 is 5.11 Å². The molecule has 0 bridgehead atoms. The Morgan fingerprint density at radius 2 is 2.36 bits per heavy atom. The van der Waals surface area contributed by atoms with Crippen LogP contribution in [0.25, 0.3) is 0 Å². The summed E-state index contributed by atoms with van der Waals surface area (Å²) in [6.07, 6.45) is 5.33. The summed E-state index contributed by atoms with van der Waals surface area (Å²) < 4.78 is 0. The van der Waals surface area contributed by atoms with Gasteiger partial charge in [0, 0.05) is 11.0 Å². The van der Waals surface area contributed by atoms with Crippen molar-refractivity contribution in [3.63, 3.8) is 0 Å². The van der Waals surface area contributed by atoms with Crippen LogP contribution in [-0.2, 0) is 0 Å². The number of hydrogen-bond acceptors (Lipinski definition) is 1. The molecule has 3 heteroatoms. The molecule has 0 saturated carbocycles. The van der Waals surface area contributed by atoms with Gasteiger partial charge in [-0.15, -0.1) is 11.6 Å². The van der Waals surface area contributed by atoms with Gasteiger partial charge in [0.15, 0.2) is 0 Å². The van der Waals surface area contributed by atoms with Gasteiger partial charge in [0.2, 0.25) is 0 Å². The van der Waals surface area contributed by atoms with Gasteiger partial charge < -0.3 is 5.11 Å². The van der Waals surface area contributed by atoms with Crippen LogP contribution in [0.4, 0.5) is 0 Å². The molecule has 1 aliphatic carbocycles. The van der Waals surface area contributed by atoms with Crippen LogP contribution in [0, 0.1) is 5.92 Å². The van der Waals surface area contributed by atoms with Crippen molar-refractivity contribution >= 4 is 23.2 Å². The first kappa shape index (κ1) is 9.11. The molecule has 11 heavy (non-hydrogen) atoms. The molecular weight excluding hydrogens is 183 g/mol. The van der Waals surface area contributed by atoms with Crippen molar-refractivity contribution in [2.45, 2.75) is 11.8 Å². The van der Waals surface area contributed by atoms with Crippen molar-refractivity contribution in [3.05, 3.63) is 23.3 Å². The second-order valence-electron chi connectivity index (χ2n) is 2.83. The molecule has 1 aliphatic rings. The summed E-state index contributed by atoms with van der Waals surface area (Å²) in [5.41, 5.74) is 0. The average Bonchev–Trinajstić information content (AvgIpc) is 1.94. The zero-order chi connectivity index (χ0) is 8.48. The lowest BCUT2D eigenvalue weighted by molar-refractivity contribution is 0.236. The molecule has 0 aliphatic heterocycles. The van der Waals surface area contributed by atoms with E-state index in [-0.39, 0.29) is 12.5 Å². The monoisotopic (exact) mass is 192 g/mol. The maximum atomic E-state index is 8.92. The minimum atomic E-state index is -0.493. The summed E-state index contributed by atoms with van der Waals surface area (Å²) in [5.74, 6) is -0.0818. The number of allylic oxidation sites excluding steroid dienone is 3. The largest absolute Gasteiger partial charge is 0.396 e. The lowest BCUT2D eigenvalue weighted by atomic mass is 9.90. The van der Waals surface area contributed by atoms with Crippen LogP contribution >= 0.6 is 23.2 Å². The lowest BCUT2D eigenvalue weighted by Crippen LogP contribution is -2.29. The molecule has 0 saturated heterocycles. The quantitative estimate of drug-likeness (QED) is 0.633. The summed E-state index contributed by atoms with van der Waals surface area (Å²) in [6.45, 7) is 1.88. The highest BCUT2D eigenvalue weighted by atomic mass is 35.5. The van der Waals surface area contributed by atoms with Crippen LogP contribution in [0.5, 0.6) is 0 Å². The molecule has 1 rings (SSSR count). The first-order valence-corrected chi connectivity index (χ1v) is 4.18. The van der Waals surface area contributed by atoms with E-state index in [1.807, 2.05) is 6.92 Å². The predicted molar refractivity (Wildman–Crippen MR) is 47.9 cm³/mol. The Morgan fingerprint density at radius 1 is 1.73 bits per heavy atom. The third-order valence-electron chi connectivity index (χ3n) is 1.85. The number of alkyl halides is 1. The molecule has 0 unspecified atom stereocenters. The highest BCUT2D eigenvalue weighted by Gasteiger charge is 2.29. The van der Waals surface area contributed by atoms with Crippen molar-refractivity contribution in [1.29, 1.82) is 0 Å². The van der Waals surface area contributed by atoms with Crippen LogP contribution in [0.1, 0.15) is 6.92 Å². The molecule has 0 aromatic heterocycles. The topological polar surface area (TPSA) is 20.2 Å². The van der Waals surface area contributed by atoms with Gasteiger partial charge >= 0.3 is 0 Å². The van der Waals surface area contributed by atoms with Gasteiger partial charge in [-0.1, -0.05) is 23.8 Å². The maximum Gasteiger partial charge on any atom is 0.0686 e. The van der Waals surface area contributed by atoms with E-state index in [9.17, 15) is 0 Å². The van der Waals surface area contributed by atoms with Gasteiger partial charge in [0.1, 0.15) is 0 Å². The minimum absolute atomic E-state index is 0.0283. The molecule has 0 spiro atoms. The van der Waals surface area contributed by atoms with Crippen molar-refractivity contribution in [2.75, 3.05) is 6.61 Å². The fourth-order valence-electron chi connectivity index (χ4n) is 1.01. The average molecular weight is 193 g/mol. The molecule has 2 atom stereocenters. The molecule has 0 amide bonds. The van der Waals surface area contributed by atoms with E-state index in [4.69, 9.17) is 28.3 Å². The van der Waals surface area contributed by atoms with E-state index in [0.717, 1.165) is 0 Å². The van der Waals surface area contributed by atoms with Gasteiger partial charge in [-0.3, -0.25) is 0 Å². The zero-order valence-electron chi connectivity index (χ0n) is 6.22. The van der Waals surface area contributed by atoms with Crippen molar-refractivity contribution in [3.8, 4) is 0 Å². The van der Waals surface area contributed by atoms with Crippen molar-refractivity contribution in [2.24, 2.45) is 5.92 Å². The van der Waals surface area contributed by atoms with Gasteiger partial charge in [0.25, 0.3) is 0 Å². The fourth-order valence-corrected chi connectivity index (χ4v) is 1.42.